The van der Waals surface area contributed by atoms with Gasteiger partial charge in [0.2, 0.25) is 0 Å². The number of nitrogens with zero attached hydrogens (tertiary/aromatic N) is 2. The molecule has 12 aromatic carbocycles. The van der Waals surface area contributed by atoms with Gasteiger partial charge in [-0.05, 0) is 150 Å². The first-order valence-electron chi connectivity index (χ1n) is 25.2. The average Bonchev–Trinajstić information content (AvgIpc) is 3.97. The fourth-order valence-corrected chi connectivity index (χ4v) is 11.9. The molecular weight excluding hydrogens is 881 g/mol. The highest BCUT2D eigenvalue weighted by molar-refractivity contribution is 6.10. The van der Waals surface area contributed by atoms with Gasteiger partial charge in [0, 0.05) is 33.5 Å². The van der Waals surface area contributed by atoms with Crippen LogP contribution in [0.2, 0.25) is 0 Å². The van der Waals surface area contributed by atoms with Crippen molar-refractivity contribution >= 4 is 49.6 Å². The van der Waals surface area contributed by atoms with Gasteiger partial charge in [-0.1, -0.05) is 218 Å². The number of rotatable bonds is 9. The SMILES string of the molecule is c1ccc(-c2ccc(N(c3ccc4c(c3)C(c3ccccc3)(c3ccccc3)c3ccccc3-4)c3ccc4cc(-c5cccc(-c6ccc7c8ccccc8n(-c8ccccc8)c7c6)c5)ccc4c3)cc2)cc1. The maximum Gasteiger partial charge on any atom is 0.0714 e. The number of fused-ring (bicyclic) bond motifs is 7. The Labute approximate surface area is 426 Å². The van der Waals surface area contributed by atoms with Gasteiger partial charge in [0.1, 0.15) is 0 Å². The van der Waals surface area contributed by atoms with E-state index in [-0.39, 0.29) is 0 Å². The zero-order valence-corrected chi connectivity index (χ0v) is 40.1. The van der Waals surface area contributed by atoms with Gasteiger partial charge in [-0.2, -0.15) is 0 Å². The summed E-state index contributed by atoms with van der Waals surface area (Å²) in [7, 11) is 0. The van der Waals surface area contributed by atoms with Gasteiger partial charge in [-0.3, -0.25) is 0 Å². The number of benzene rings is 12. The molecular formula is C71H48N2. The third-order valence-electron chi connectivity index (χ3n) is 15.2. The zero-order chi connectivity index (χ0) is 48.3. The van der Waals surface area contributed by atoms with Crippen LogP contribution in [0.15, 0.2) is 291 Å². The molecule has 0 saturated heterocycles. The predicted octanol–water partition coefficient (Wildman–Crippen LogP) is 18.8. The van der Waals surface area contributed by atoms with E-state index < -0.39 is 5.41 Å². The highest BCUT2D eigenvalue weighted by Crippen LogP contribution is 2.57. The monoisotopic (exact) mass is 928 g/mol. The van der Waals surface area contributed by atoms with Crippen molar-refractivity contribution in [3.63, 3.8) is 0 Å². The number of aromatic nitrogens is 1. The van der Waals surface area contributed by atoms with Gasteiger partial charge in [0.05, 0.1) is 16.4 Å². The van der Waals surface area contributed by atoms with Gasteiger partial charge in [0.25, 0.3) is 0 Å². The molecule has 0 amide bonds. The molecule has 73 heavy (non-hydrogen) atoms. The third kappa shape index (κ3) is 7.02. The van der Waals surface area contributed by atoms with Gasteiger partial charge in [-0.25, -0.2) is 0 Å². The molecule has 0 saturated carbocycles. The summed E-state index contributed by atoms with van der Waals surface area (Å²) in [6.45, 7) is 0. The Bertz CT molecular complexity index is 4140. The molecule has 14 rings (SSSR count). The first-order chi connectivity index (χ1) is 36.2. The van der Waals surface area contributed by atoms with E-state index in [2.05, 4.69) is 301 Å². The maximum atomic E-state index is 2.46. The Morgan fingerprint density at radius 3 is 1.52 bits per heavy atom. The molecule has 13 aromatic rings. The van der Waals surface area contributed by atoms with Crippen LogP contribution >= 0.6 is 0 Å². The molecule has 0 unspecified atom stereocenters. The van der Waals surface area contributed by atoms with Crippen molar-refractivity contribution in [1.29, 1.82) is 0 Å². The Morgan fingerprint density at radius 2 is 0.767 bits per heavy atom. The van der Waals surface area contributed by atoms with Gasteiger partial charge < -0.3 is 9.47 Å². The summed E-state index contributed by atoms with van der Waals surface area (Å²) in [5.74, 6) is 0. The van der Waals surface area contributed by atoms with Gasteiger partial charge in [-0.15, -0.1) is 0 Å². The van der Waals surface area contributed by atoms with Crippen LogP contribution in [0.3, 0.4) is 0 Å². The van der Waals surface area contributed by atoms with Crippen LogP contribution in [0, 0.1) is 0 Å². The van der Waals surface area contributed by atoms with E-state index in [1.54, 1.807) is 0 Å². The van der Waals surface area contributed by atoms with Crippen molar-refractivity contribution in [2.24, 2.45) is 0 Å². The highest BCUT2D eigenvalue weighted by Gasteiger charge is 2.46. The second kappa shape index (κ2) is 17.4. The Morgan fingerprint density at radius 1 is 0.274 bits per heavy atom. The molecule has 0 fully saturated rings. The topological polar surface area (TPSA) is 8.17 Å². The van der Waals surface area contributed by atoms with E-state index in [4.69, 9.17) is 0 Å². The normalized spacial score (nSPS) is 12.5. The molecule has 0 atom stereocenters. The quantitative estimate of drug-likeness (QED) is 0.140. The molecule has 1 heterocycles. The fourth-order valence-electron chi connectivity index (χ4n) is 11.9. The Balaban J connectivity index is 0.876. The van der Waals surface area contributed by atoms with E-state index in [1.165, 1.54) is 99.3 Å². The summed E-state index contributed by atoms with van der Waals surface area (Å²) < 4.78 is 2.39. The lowest BCUT2D eigenvalue weighted by atomic mass is 9.67. The van der Waals surface area contributed by atoms with E-state index in [1.807, 2.05) is 0 Å². The standard InChI is InChI=1S/C71H48N2/c1-5-18-49(19-6-1)50-34-38-60(39-35-50)72(62-41-43-64-63-28-13-15-30-67(63)71(68(64)48-62,57-22-7-2-8-23-57)58-24-9-3-10-25-58)61-40-36-54-45-53(32-33-55(54)46-61)51-20-17-21-52(44-51)56-37-42-66-65-29-14-16-31-69(65)73(70(66)47-56)59-26-11-4-12-27-59/h1-48H. The van der Waals surface area contributed by atoms with Crippen LogP contribution in [0.4, 0.5) is 17.1 Å². The van der Waals surface area contributed by atoms with Crippen molar-refractivity contribution in [3.8, 4) is 50.2 Å². The van der Waals surface area contributed by atoms with Crippen LogP contribution in [-0.4, -0.2) is 4.57 Å². The van der Waals surface area contributed by atoms with Crippen LogP contribution in [0.25, 0.3) is 82.8 Å². The molecule has 0 N–H and O–H groups in total. The van der Waals surface area contributed by atoms with E-state index in [0.717, 1.165) is 22.7 Å². The summed E-state index contributed by atoms with van der Waals surface area (Å²) in [6, 6.07) is 107. The Kier molecular flexibility index (Phi) is 10.1. The van der Waals surface area contributed by atoms with Crippen LogP contribution in [-0.2, 0) is 5.41 Å². The van der Waals surface area contributed by atoms with Crippen molar-refractivity contribution in [2.75, 3.05) is 4.90 Å². The summed E-state index contributed by atoms with van der Waals surface area (Å²) in [4.78, 5) is 2.43. The van der Waals surface area contributed by atoms with Crippen molar-refractivity contribution < 1.29 is 0 Å². The molecule has 1 aliphatic rings. The number of hydrogen-bond acceptors (Lipinski definition) is 1. The van der Waals surface area contributed by atoms with E-state index >= 15 is 0 Å². The van der Waals surface area contributed by atoms with Crippen molar-refractivity contribution in [1.82, 2.24) is 4.57 Å². The molecule has 2 heteroatoms. The number of para-hydroxylation sites is 2. The number of hydrogen-bond donors (Lipinski definition) is 0. The van der Waals surface area contributed by atoms with Crippen LogP contribution in [0.1, 0.15) is 22.3 Å². The second-order valence-electron chi connectivity index (χ2n) is 19.3. The molecule has 1 aliphatic carbocycles. The molecule has 0 bridgehead atoms. The molecule has 0 aliphatic heterocycles. The minimum atomic E-state index is -0.515. The lowest BCUT2D eigenvalue weighted by molar-refractivity contribution is 0.768. The van der Waals surface area contributed by atoms with Gasteiger partial charge >= 0.3 is 0 Å². The second-order valence-corrected chi connectivity index (χ2v) is 19.3. The molecule has 2 nitrogen and oxygen atoms in total. The highest BCUT2D eigenvalue weighted by atomic mass is 15.1. The molecule has 1 aromatic heterocycles. The van der Waals surface area contributed by atoms with E-state index in [0.29, 0.717) is 0 Å². The predicted molar refractivity (Wildman–Crippen MR) is 307 cm³/mol. The molecule has 0 spiro atoms. The summed E-state index contributed by atoms with van der Waals surface area (Å²) >= 11 is 0. The van der Waals surface area contributed by atoms with Crippen molar-refractivity contribution in [3.05, 3.63) is 313 Å². The smallest absolute Gasteiger partial charge is 0.0714 e. The first-order valence-corrected chi connectivity index (χ1v) is 25.2. The maximum absolute atomic E-state index is 2.46. The average molecular weight is 929 g/mol. The summed E-state index contributed by atoms with van der Waals surface area (Å²) in [5.41, 5.74) is 21.1. The van der Waals surface area contributed by atoms with Crippen molar-refractivity contribution in [2.45, 2.75) is 5.41 Å². The zero-order valence-electron chi connectivity index (χ0n) is 40.1. The lowest BCUT2D eigenvalue weighted by Gasteiger charge is -2.35. The Hall–Kier alpha value is -9.50. The lowest BCUT2D eigenvalue weighted by Crippen LogP contribution is -2.28. The fraction of sp³-hybridized carbons (Fsp3) is 0.0141. The van der Waals surface area contributed by atoms with Crippen LogP contribution < -0.4 is 4.90 Å². The minimum Gasteiger partial charge on any atom is -0.310 e. The summed E-state index contributed by atoms with van der Waals surface area (Å²) in [6.07, 6.45) is 0. The molecule has 342 valence electrons. The largest absolute Gasteiger partial charge is 0.310 e. The minimum absolute atomic E-state index is 0.515. The third-order valence-corrected chi connectivity index (χ3v) is 15.2. The number of anilines is 3. The molecule has 0 radical (unpaired) electrons. The van der Waals surface area contributed by atoms with Gasteiger partial charge in [0.15, 0.2) is 0 Å². The van der Waals surface area contributed by atoms with Crippen LogP contribution in [0.5, 0.6) is 0 Å². The van der Waals surface area contributed by atoms with E-state index in [9.17, 15) is 0 Å². The first kappa shape index (κ1) is 42.4. The summed E-state index contributed by atoms with van der Waals surface area (Å²) in [5, 5.41) is 4.89.